The van der Waals surface area contributed by atoms with E-state index in [1.807, 2.05) is 19.1 Å². The number of furan rings is 1. The van der Waals surface area contributed by atoms with Crippen molar-refractivity contribution in [1.82, 2.24) is 5.32 Å². The van der Waals surface area contributed by atoms with Crippen molar-refractivity contribution in [2.24, 2.45) is 5.92 Å². The second kappa shape index (κ2) is 3.50. The summed E-state index contributed by atoms with van der Waals surface area (Å²) >= 11 is 0. The summed E-state index contributed by atoms with van der Waals surface area (Å²) in [5.74, 6) is 2.13. The maximum absolute atomic E-state index is 12.6. The number of alkyl halides is 1. The van der Waals surface area contributed by atoms with E-state index < -0.39 is 0 Å². The maximum Gasteiger partial charge on any atom is 0.108 e. The third-order valence-electron chi connectivity index (χ3n) is 2.66. The van der Waals surface area contributed by atoms with Gasteiger partial charge in [0.25, 0.3) is 0 Å². The van der Waals surface area contributed by atoms with Crippen LogP contribution in [0.3, 0.4) is 0 Å². The quantitative estimate of drug-likeness (QED) is 0.757. The highest BCUT2D eigenvalue weighted by Crippen LogP contribution is 2.29. The van der Waals surface area contributed by atoms with Crippen LogP contribution in [0.5, 0.6) is 0 Å². The first-order chi connectivity index (χ1) is 6.31. The molecule has 1 aromatic rings. The molecule has 0 bridgehead atoms. The second-order valence-electron chi connectivity index (χ2n) is 3.63. The zero-order chi connectivity index (χ0) is 9.26. The Morgan fingerprint density at radius 3 is 3.00 bits per heavy atom. The summed E-state index contributed by atoms with van der Waals surface area (Å²) in [6.07, 6.45) is 0. The van der Waals surface area contributed by atoms with Crippen LogP contribution in [0, 0.1) is 12.8 Å². The molecule has 0 unspecified atom stereocenters. The Morgan fingerprint density at radius 2 is 2.38 bits per heavy atom. The normalized spacial score (nSPS) is 28.2. The van der Waals surface area contributed by atoms with Crippen LogP contribution in [0.15, 0.2) is 16.5 Å². The van der Waals surface area contributed by atoms with Gasteiger partial charge in [-0.1, -0.05) is 0 Å². The average Bonchev–Trinajstić information content (AvgIpc) is 2.71. The summed E-state index contributed by atoms with van der Waals surface area (Å²) in [6.45, 7) is 3.25. The fourth-order valence-corrected chi connectivity index (χ4v) is 1.88. The number of aryl methyl sites for hydroxylation is 1. The molecule has 1 fully saturated rings. The van der Waals surface area contributed by atoms with Crippen molar-refractivity contribution in [3.63, 3.8) is 0 Å². The molecule has 2 heterocycles. The highest BCUT2D eigenvalue weighted by atomic mass is 19.1. The lowest BCUT2D eigenvalue weighted by atomic mass is 9.95. The molecule has 3 heteroatoms. The summed E-state index contributed by atoms with van der Waals surface area (Å²) in [5, 5.41) is 3.18. The molecular formula is C10H14FNO. The first-order valence-electron chi connectivity index (χ1n) is 4.64. The summed E-state index contributed by atoms with van der Waals surface area (Å²) in [6, 6.07) is 3.89. The number of halogens is 1. The van der Waals surface area contributed by atoms with Crippen LogP contribution < -0.4 is 5.32 Å². The molecule has 1 N–H and O–H groups in total. The van der Waals surface area contributed by atoms with Gasteiger partial charge < -0.3 is 9.73 Å². The van der Waals surface area contributed by atoms with Crippen LogP contribution in [0.25, 0.3) is 0 Å². The fourth-order valence-electron chi connectivity index (χ4n) is 1.88. The number of rotatable bonds is 2. The Labute approximate surface area is 77.1 Å². The highest BCUT2D eigenvalue weighted by molar-refractivity contribution is 5.13. The Morgan fingerprint density at radius 1 is 1.54 bits per heavy atom. The summed E-state index contributed by atoms with van der Waals surface area (Å²) < 4.78 is 18.1. The molecule has 1 aromatic heterocycles. The molecule has 0 saturated carbocycles. The first kappa shape index (κ1) is 8.75. The van der Waals surface area contributed by atoms with Gasteiger partial charge >= 0.3 is 0 Å². The third kappa shape index (κ3) is 1.61. The van der Waals surface area contributed by atoms with Gasteiger partial charge in [-0.05, 0) is 19.1 Å². The lowest BCUT2D eigenvalue weighted by Gasteiger charge is -2.11. The van der Waals surface area contributed by atoms with Crippen LogP contribution in [-0.2, 0) is 0 Å². The molecule has 0 radical (unpaired) electrons. The molecule has 72 valence electrons. The van der Waals surface area contributed by atoms with Crippen molar-refractivity contribution >= 4 is 0 Å². The Balaban J connectivity index is 2.15. The molecule has 0 aromatic carbocycles. The Bertz CT molecular complexity index is 284. The summed E-state index contributed by atoms with van der Waals surface area (Å²) in [7, 11) is 0. The molecule has 0 aliphatic carbocycles. The van der Waals surface area contributed by atoms with Crippen molar-refractivity contribution in [1.29, 1.82) is 0 Å². The van der Waals surface area contributed by atoms with E-state index in [4.69, 9.17) is 4.42 Å². The van der Waals surface area contributed by atoms with E-state index in [1.54, 1.807) is 0 Å². The van der Waals surface area contributed by atoms with Crippen LogP contribution in [0.1, 0.15) is 17.4 Å². The van der Waals surface area contributed by atoms with Gasteiger partial charge in [-0.15, -0.1) is 0 Å². The van der Waals surface area contributed by atoms with Gasteiger partial charge in [0.2, 0.25) is 0 Å². The van der Waals surface area contributed by atoms with Gasteiger partial charge in [0, 0.05) is 24.9 Å². The number of hydrogen-bond acceptors (Lipinski definition) is 2. The van der Waals surface area contributed by atoms with Crippen molar-refractivity contribution in [2.45, 2.75) is 12.8 Å². The molecule has 1 aliphatic rings. The Hall–Kier alpha value is -0.830. The monoisotopic (exact) mass is 183 g/mol. The van der Waals surface area contributed by atoms with Gasteiger partial charge in [-0.2, -0.15) is 0 Å². The van der Waals surface area contributed by atoms with Gasteiger partial charge in [0.05, 0.1) is 6.67 Å². The van der Waals surface area contributed by atoms with E-state index in [1.165, 1.54) is 0 Å². The van der Waals surface area contributed by atoms with Crippen molar-refractivity contribution in [3.8, 4) is 0 Å². The van der Waals surface area contributed by atoms with Crippen LogP contribution >= 0.6 is 0 Å². The zero-order valence-electron chi connectivity index (χ0n) is 7.72. The molecule has 0 spiro atoms. The van der Waals surface area contributed by atoms with Gasteiger partial charge in [0.15, 0.2) is 0 Å². The summed E-state index contributed by atoms with van der Waals surface area (Å²) in [4.78, 5) is 0. The smallest absolute Gasteiger partial charge is 0.108 e. The minimum atomic E-state index is -0.266. The van der Waals surface area contributed by atoms with E-state index in [-0.39, 0.29) is 18.5 Å². The average molecular weight is 183 g/mol. The number of nitrogens with one attached hydrogen (secondary N) is 1. The van der Waals surface area contributed by atoms with Gasteiger partial charge in [-0.25, -0.2) is 0 Å². The van der Waals surface area contributed by atoms with E-state index >= 15 is 0 Å². The van der Waals surface area contributed by atoms with Gasteiger partial charge in [0.1, 0.15) is 11.5 Å². The summed E-state index contributed by atoms with van der Waals surface area (Å²) in [5.41, 5.74) is 0. The van der Waals surface area contributed by atoms with E-state index in [0.29, 0.717) is 0 Å². The molecule has 13 heavy (non-hydrogen) atoms. The largest absolute Gasteiger partial charge is 0.466 e. The predicted molar refractivity (Wildman–Crippen MR) is 48.5 cm³/mol. The molecular weight excluding hydrogens is 169 g/mol. The van der Waals surface area contributed by atoms with Crippen LogP contribution in [0.4, 0.5) is 4.39 Å². The predicted octanol–water partition coefficient (Wildman–Crippen LogP) is 1.86. The fraction of sp³-hybridized carbons (Fsp3) is 0.600. The van der Waals surface area contributed by atoms with E-state index in [9.17, 15) is 4.39 Å². The van der Waals surface area contributed by atoms with Gasteiger partial charge in [-0.3, -0.25) is 4.39 Å². The molecule has 1 aliphatic heterocycles. The highest BCUT2D eigenvalue weighted by Gasteiger charge is 2.30. The molecule has 0 amide bonds. The number of hydrogen-bond donors (Lipinski definition) is 1. The van der Waals surface area contributed by atoms with E-state index in [0.717, 1.165) is 24.6 Å². The molecule has 2 rings (SSSR count). The SMILES string of the molecule is Cc1ccc([C@H]2CNC[C@@H]2CF)o1. The van der Waals surface area contributed by atoms with Crippen LogP contribution in [-0.4, -0.2) is 19.8 Å². The second-order valence-corrected chi connectivity index (χ2v) is 3.63. The standard InChI is InChI=1S/C10H14FNO/c1-7-2-3-10(13-7)9-6-12-5-8(9)4-11/h2-3,8-9,12H,4-6H2,1H3/t8-,9-/m0/s1. The third-order valence-corrected chi connectivity index (χ3v) is 2.66. The minimum absolute atomic E-state index is 0.0885. The van der Waals surface area contributed by atoms with Crippen LogP contribution in [0.2, 0.25) is 0 Å². The zero-order valence-corrected chi connectivity index (χ0v) is 7.72. The molecule has 2 atom stereocenters. The lowest BCUT2D eigenvalue weighted by Crippen LogP contribution is -2.12. The van der Waals surface area contributed by atoms with Crippen molar-refractivity contribution < 1.29 is 8.81 Å². The molecule has 1 saturated heterocycles. The van der Waals surface area contributed by atoms with Crippen molar-refractivity contribution in [2.75, 3.05) is 19.8 Å². The van der Waals surface area contributed by atoms with Crippen molar-refractivity contribution in [3.05, 3.63) is 23.7 Å². The minimum Gasteiger partial charge on any atom is -0.466 e. The molecule has 2 nitrogen and oxygen atoms in total. The van der Waals surface area contributed by atoms with E-state index in [2.05, 4.69) is 5.32 Å². The Kier molecular flexibility index (Phi) is 2.36. The first-order valence-corrected chi connectivity index (χ1v) is 4.64. The topological polar surface area (TPSA) is 25.2 Å². The maximum atomic E-state index is 12.6. The lowest BCUT2D eigenvalue weighted by molar-refractivity contribution is 0.328.